The van der Waals surface area contributed by atoms with E-state index in [1.54, 1.807) is 19.2 Å². The lowest BCUT2D eigenvalue weighted by atomic mass is 10.1. The smallest absolute Gasteiger partial charge is 0.434 e. The molecule has 0 fully saturated rings. The van der Waals surface area contributed by atoms with Gasteiger partial charge in [-0.3, -0.25) is 0 Å². The van der Waals surface area contributed by atoms with Gasteiger partial charge in [0, 0.05) is 18.7 Å². The van der Waals surface area contributed by atoms with Crippen molar-refractivity contribution in [1.29, 1.82) is 0 Å². The number of halogens is 3. The minimum Gasteiger partial charge on any atom is -0.434 e. The summed E-state index contributed by atoms with van der Waals surface area (Å²) < 4.78 is 54.3. The molecule has 0 bridgehead atoms. The van der Waals surface area contributed by atoms with Crippen LogP contribution in [0.4, 0.5) is 13.2 Å². The number of aromatic nitrogens is 1. The maximum atomic E-state index is 12.4. The fourth-order valence-corrected chi connectivity index (χ4v) is 3.15. The second-order valence-corrected chi connectivity index (χ2v) is 5.87. The highest BCUT2D eigenvalue weighted by atomic mass is 19.4. The zero-order valence-corrected chi connectivity index (χ0v) is 15.8. The molecule has 0 saturated heterocycles. The first-order valence-electron chi connectivity index (χ1n) is 8.95. The van der Waals surface area contributed by atoms with Crippen LogP contribution in [0.1, 0.15) is 20.1 Å². The van der Waals surface area contributed by atoms with Gasteiger partial charge in [0.15, 0.2) is 6.61 Å². The maximum absolute atomic E-state index is 12.4. The molecule has 4 rings (SSSR count). The van der Waals surface area contributed by atoms with E-state index in [4.69, 9.17) is 9.47 Å². The van der Waals surface area contributed by atoms with E-state index in [2.05, 4.69) is 4.74 Å². The number of hydrogen-bond donors (Lipinski definition) is 0. The Bertz CT molecular complexity index is 956. The molecule has 0 aliphatic carbocycles. The number of rotatable bonds is 3. The summed E-state index contributed by atoms with van der Waals surface area (Å²) in [6.07, 6.45) is -5.02. The molecule has 4 nitrogen and oxygen atoms in total. The third-order valence-electron chi connectivity index (χ3n) is 4.27. The van der Waals surface area contributed by atoms with Crippen LogP contribution in [0.15, 0.2) is 54.6 Å². The van der Waals surface area contributed by atoms with Gasteiger partial charge >= 0.3 is 18.5 Å². The van der Waals surface area contributed by atoms with E-state index in [0.717, 1.165) is 22.0 Å². The molecule has 0 saturated carbocycles. The Morgan fingerprint density at radius 2 is 1.71 bits per heavy atom. The van der Waals surface area contributed by atoms with Crippen LogP contribution >= 0.6 is 0 Å². The largest absolute Gasteiger partial charge is 0.573 e. The quantitative estimate of drug-likeness (QED) is 0.570. The van der Waals surface area contributed by atoms with Crippen molar-refractivity contribution in [3.8, 4) is 22.9 Å². The molecule has 1 atom stereocenters. The van der Waals surface area contributed by atoms with Crippen molar-refractivity contribution < 1.29 is 31.9 Å². The number of ether oxygens (including phenoxy) is 3. The first-order chi connectivity index (χ1) is 13.5. The molecule has 0 amide bonds. The molecule has 0 N–H and O–H groups in total. The van der Waals surface area contributed by atoms with E-state index in [9.17, 15) is 13.2 Å². The van der Waals surface area contributed by atoms with E-state index in [1.807, 2.05) is 48.7 Å². The topological polar surface area (TPSA) is 31.6 Å². The lowest BCUT2D eigenvalue weighted by Crippen LogP contribution is -2.39. The molecular formula is C21H21F3NO3+. The minimum atomic E-state index is -4.71. The van der Waals surface area contributed by atoms with Gasteiger partial charge in [-0.1, -0.05) is 32.0 Å². The summed E-state index contributed by atoms with van der Waals surface area (Å²) in [4.78, 5) is 0. The molecule has 1 aliphatic heterocycles. The van der Waals surface area contributed by atoms with E-state index >= 15 is 0 Å². The summed E-state index contributed by atoms with van der Waals surface area (Å²) in [5, 5.41) is 1.92. The van der Waals surface area contributed by atoms with Gasteiger partial charge in [-0.05, 0) is 35.7 Å². The molecule has 1 aromatic heterocycles. The SMILES string of the molecule is CC.COC1COc2c3ccccc3cc(-c3ccc(OC(F)(F)F)cc3)[n+]21. The van der Waals surface area contributed by atoms with Crippen molar-refractivity contribution in [1.82, 2.24) is 0 Å². The lowest BCUT2D eigenvalue weighted by molar-refractivity contribution is -0.731. The fourth-order valence-electron chi connectivity index (χ4n) is 3.15. The first-order valence-corrected chi connectivity index (χ1v) is 8.95. The normalized spacial score (nSPS) is 15.4. The summed E-state index contributed by atoms with van der Waals surface area (Å²) in [5.74, 6) is 0.420. The maximum Gasteiger partial charge on any atom is 0.573 e. The van der Waals surface area contributed by atoms with Crippen molar-refractivity contribution in [2.75, 3.05) is 13.7 Å². The van der Waals surface area contributed by atoms with Gasteiger partial charge in [-0.15, -0.1) is 17.7 Å². The van der Waals surface area contributed by atoms with E-state index < -0.39 is 6.36 Å². The van der Waals surface area contributed by atoms with E-state index in [-0.39, 0.29) is 12.0 Å². The molecule has 2 aromatic carbocycles. The van der Waals surface area contributed by atoms with Crippen molar-refractivity contribution >= 4 is 10.8 Å². The van der Waals surface area contributed by atoms with Crippen LogP contribution in [0, 0.1) is 0 Å². The first kappa shape index (κ1) is 19.9. The zero-order chi connectivity index (χ0) is 20.3. The highest BCUT2D eigenvalue weighted by Crippen LogP contribution is 2.33. The second kappa shape index (κ2) is 8.06. The van der Waals surface area contributed by atoms with Crippen molar-refractivity contribution in [3.63, 3.8) is 0 Å². The van der Waals surface area contributed by atoms with Gasteiger partial charge in [-0.2, -0.15) is 0 Å². The lowest BCUT2D eigenvalue weighted by Gasteiger charge is -2.10. The molecule has 148 valence electrons. The highest BCUT2D eigenvalue weighted by molar-refractivity contribution is 5.88. The molecular weight excluding hydrogens is 371 g/mol. The molecule has 2 heterocycles. The number of benzene rings is 2. The Morgan fingerprint density at radius 3 is 2.36 bits per heavy atom. The van der Waals surface area contributed by atoms with Crippen LogP contribution < -0.4 is 14.0 Å². The predicted molar refractivity (Wildman–Crippen MR) is 99.2 cm³/mol. The van der Waals surface area contributed by atoms with Gasteiger partial charge in [0.25, 0.3) is 0 Å². The van der Waals surface area contributed by atoms with Crippen molar-refractivity contribution in [2.45, 2.75) is 26.4 Å². The standard InChI is InChI=1S/C19H15F3NO3.C2H6/c1-24-17-11-25-18-15-5-3-2-4-13(15)10-16(23(17)18)12-6-8-14(9-7-12)26-19(20,21)22;1-2/h2-10,17H,11H2,1H3;1-2H3/q+1;. The number of pyridine rings is 1. The van der Waals surface area contributed by atoms with Gasteiger partial charge in [0.1, 0.15) is 5.75 Å². The Kier molecular flexibility index (Phi) is 5.74. The van der Waals surface area contributed by atoms with Crippen LogP contribution in [0.2, 0.25) is 0 Å². The molecule has 3 aromatic rings. The predicted octanol–water partition coefficient (Wildman–Crippen LogP) is 5.26. The molecule has 0 radical (unpaired) electrons. The fraction of sp³-hybridized carbons (Fsp3) is 0.286. The number of nitrogens with zero attached hydrogens (tertiary/aromatic N) is 1. The number of methoxy groups -OCH3 is 1. The summed E-state index contributed by atoms with van der Waals surface area (Å²) in [6, 6.07) is 15.5. The molecule has 7 heteroatoms. The Labute approximate surface area is 161 Å². The number of hydrogen-bond acceptors (Lipinski definition) is 3. The average Bonchev–Trinajstić information content (AvgIpc) is 3.13. The Hall–Kier alpha value is -2.80. The molecule has 28 heavy (non-hydrogen) atoms. The minimum absolute atomic E-state index is 0.261. The van der Waals surface area contributed by atoms with Crippen LogP contribution in [-0.4, -0.2) is 20.1 Å². The van der Waals surface area contributed by atoms with Crippen molar-refractivity contribution in [3.05, 3.63) is 54.6 Å². The number of alkyl halides is 3. The molecule has 0 spiro atoms. The average molecular weight is 392 g/mol. The highest BCUT2D eigenvalue weighted by Gasteiger charge is 2.38. The van der Waals surface area contributed by atoms with Gasteiger partial charge in [0.2, 0.25) is 5.69 Å². The van der Waals surface area contributed by atoms with E-state index in [0.29, 0.717) is 12.5 Å². The summed E-state index contributed by atoms with van der Waals surface area (Å²) >= 11 is 0. The third-order valence-corrected chi connectivity index (χ3v) is 4.27. The molecule has 1 aliphatic rings. The van der Waals surface area contributed by atoms with Gasteiger partial charge < -0.3 is 14.2 Å². The summed E-state index contributed by atoms with van der Waals surface area (Å²) in [5.41, 5.74) is 1.53. The Balaban J connectivity index is 0.00000109. The number of fused-ring (bicyclic) bond motifs is 3. The van der Waals surface area contributed by atoms with Crippen LogP contribution in [-0.2, 0) is 4.74 Å². The van der Waals surface area contributed by atoms with Crippen LogP contribution in [0.5, 0.6) is 11.6 Å². The van der Waals surface area contributed by atoms with Gasteiger partial charge in [-0.25, -0.2) is 0 Å². The third kappa shape index (κ3) is 3.89. The Morgan fingerprint density at radius 1 is 1.04 bits per heavy atom. The van der Waals surface area contributed by atoms with E-state index in [1.165, 1.54) is 12.1 Å². The van der Waals surface area contributed by atoms with Crippen LogP contribution in [0.25, 0.3) is 22.0 Å². The van der Waals surface area contributed by atoms with Gasteiger partial charge in [0.05, 0.1) is 5.39 Å². The van der Waals surface area contributed by atoms with Crippen LogP contribution in [0.3, 0.4) is 0 Å². The monoisotopic (exact) mass is 392 g/mol. The second-order valence-electron chi connectivity index (χ2n) is 5.87. The zero-order valence-electron chi connectivity index (χ0n) is 15.8. The summed E-state index contributed by atoms with van der Waals surface area (Å²) in [6.45, 7) is 4.37. The summed E-state index contributed by atoms with van der Waals surface area (Å²) in [7, 11) is 1.59. The van der Waals surface area contributed by atoms with Crippen molar-refractivity contribution in [2.24, 2.45) is 0 Å². The molecule has 1 unspecified atom stereocenters.